The number of rotatable bonds is 4. The first-order valence-corrected chi connectivity index (χ1v) is 12.6. The minimum absolute atomic E-state index is 0.0256. The van der Waals surface area contributed by atoms with Gasteiger partial charge in [-0.1, -0.05) is 39.3 Å². The fourth-order valence-electron chi connectivity index (χ4n) is 9.56. The van der Waals surface area contributed by atoms with Crippen molar-refractivity contribution < 1.29 is 20.5 Å². The summed E-state index contributed by atoms with van der Waals surface area (Å²) >= 11 is 0. The summed E-state index contributed by atoms with van der Waals surface area (Å²) in [6, 6.07) is 0. The number of fused-ring (bicyclic) bond motifs is 5. The topological polar surface area (TPSA) is 119 Å². The number of nitrogens with two attached hydrogens (primary N) is 1. The first kappa shape index (κ1) is 23.3. The van der Waals surface area contributed by atoms with Gasteiger partial charge in [0.1, 0.15) is 5.84 Å². The summed E-state index contributed by atoms with van der Waals surface area (Å²) < 4.78 is 0. The summed E-state index contributed by atoms with van der Waals surface area (Å²) in [5.41, 5.74) is 5.76. The van der Waals surface area contributed by atoms with E-state index in [1.54, 1.807) is 0 Å². The summed E-state index contributed by atoms with van der Waals surface area (Å²) in [5.74, 6) is 1.97. The van der Waals surface area contributed by atoms with Crippen LogP contribution in [0.25, 0.3) is 0 Å². The Bertz CT molecular complexity index is 701. The lowest BCUT2D eigenvalue weighted by atomic mass is 9.40. The van der Waals surface area contributed by atoms with Crippen LogP contribution >= 0.6 is 0 Å². The van der Waals surface area contributed by atoms with E-state index in [9.17, 15) is 15.3 Å². The molecule has 4 aliphatic carbocycles. The van der Waals surface area contributed by atoms with Crippen LogP contribution < -0.4 is 5.73 Å². The molecule has 31 heavy (non-hydrogen) atoms. The quantitative estimate of drug-likeness (QED) is 0.200. The van der Waals surface area contributed by atoms with Gasteiger partial charge < -0.3 is 26.3 Å². The Hall–Kier alpha value is -0.850. The molecule has 3 unspecified atom stereocenters. The van der Waals surface area contributed by atoms with Crippen molar-refractivity contribution in [1.82, 2.24) is 0 Å². The fraction of sp³-hybridized carbons (Fsp3) is 0.960. The van der Waals surface area contributed by atoms with Gasteiger partial charge in [0.05, 0.1) is 18.3 Å². The molecule has 6 heteroatoms. The van der Waals surface area contributed by atoms with Crippen LogP contribution in [0, 0.1) is 52.3 Å². The van der Waals surface area contributed by atoms with Crippen molar-refractivity contribution in [3.63, 3.8) is 0 Å². The Morgan fingerprint density at radius 3 is 2.45 bits per heavy atom. The lowest BCUT2D eigenvalue weighted by Gasteiger charge is -2.66. The Labute approximate surface area is 187 Å². The number of hydrogen-bond acceptors (Lipinski definition) is 5. The Kier molecular flexibility index (Phi) is 6.15. The van der Waals surface area contributed by atoms with Crippen molar-refractivity contribution in [3.05, 3.63) is 0 Å². The maximum absolute atomic E-state index is 11.7. The second-order valence-electron chi connectivity index (χ2n) is 12.0. The van der Waals surface area contributed by atoms with E-state index in [-0.39, 0.29) is 52.4 Å². The molecule has 0 radical (unpaired) electrons. The van der Waals surface area contributed by atoms with Gasteiger partial charge in [-0.3, -0.25) is 0 Å². The van der Waals surface area contributed by atoms with Crippen LogP contribution in [0.5, 0.6) is 0 Å². The van der Waals surface area contributed by atoms with Crippen molar-refractivity contribution in [2.24, 2.45) is 63.1 Å². The van der Waals surface area contributed by atoms with Gasteiger partial charge in [-0.05, 0) is 90.8 Å². The highest BCUT2D eigenvalue weighted by atomic mass is 16.4. The molecule has 0 aromatic carbocycles. The minimum Gasteiger partial charge on any atom is -0.409 e. The van der Waals surface area contributed by atoms with Gasteiger partial charge in [0, 0.05) is 6.42 Å². The highest BCUT2D eigenvalue weighted by molar-refractivity contribution is 5.79. The molecular formula is C25H44N2O4. The summed E-state index contributed by atoms with van der Waals surface area (Å²) in [6.45, 7) is 9.02. The minimum atomic E-state index is -0.432. The van der Waals surface area contributed by atoms with Crippen LogP contribution in [-0.2, 0) is 0 Å². The average molecular weight is 437 g/mol. The van der Waals surface area contributed by atoms with Crippen LogP contribution in [0.4, 0.5) is 0 Å². The number of amidine groups is 1. The van der Waals surface area contributed by atoms with E-state index < -0.39 is 12.2 Å². The van der Waals surface area contributed by atoms with E-state index in [4.69, 9.17) is 10.9 Å². The highest BCUT2D eigenvalue weighted by Crippen LogP contribution is 2.69. The Morgan fingerprint density at radius 2 is 1.81 bits per heavy atom. The first-order chi connectivity index (χ1) is 14.6. The maximum atomic E-state index is 11.7. The van der Waals surface area contributed by atoms with Gasteiger partial charge >= 0.3 is 0 Å². The van der Waals surface area contributed by atoms with Crippen LogP contribution in [0.1, 0.15) is 79.1 Å². The molecule has 6 nitrogen and oxygen atoms in total. The van der Waals surface area contributed by atoms with Crippen molar-refractivity contribution in [2.45, 2.75) is 97.4 Å². The van der Waals surface area contributed by atoms with E-state index in [2.05, 4.69) is 32.9 Å². The average Bonchev–Trinajstić information content (AvgIpc) is 3.05. The zero-order valence-corrected chi connectivity index (χ0v) is 19.7. The molecule has 0 amide bonds. The number of oxime groups is 1. The molecule has 6 N–H and O–H groups in total. The number of aliphatic hydroxyl groups excluding tert-OH is 3. The monoisotopic (exact) mass is 436 g/mol. The molecule has 0 aromatic heterocycles. The molecule has 0 heterocycles. The van der Waals surface area contributed by atoms with Crippen LogP contribution in [-0.4, -0.2) is 44.7 Å². The van der Waals surface area contributed by atoms with E-state index in [0.29, 0.717) is 18.3 Å². The lowest BCUT2D eigenvalue weighted by molar-refractivity contribution is -0.235. The van der Waals surface area contributed by atoms with Crippen LogP contribution in [0.15, 0.2) is 5.16 Å². The summed E-state index contributed by atoms with van der Waals surface area (Å²) in [6.07, 6.45) is 5.74. The molecule has 12 atom stereocenters. The van der Waals surface area contributed by atoms with Gasteiger partial charge in [0.2, 0.25) is 0 Å². The molecule has 178 valence electrons. The van der Waals surface area contributed by atoms with E-state index >= 15 is 0 Å². The van der Waals surface area contributed by atoms with Crippen LogP contribution in [0.2, 0.25) is 0 Å². The molecule has 0 aromatic rings. The zero-order chi connectivity index (χ0) is 22.7. The molecule has 4 saturated carbocycles. The van der Waals surface area contributed by atoms with E-state index in [1.165, 1.54) is 0 Å². The molecule has 4 rings (SSSR count). The van der Waals surface area contributed by atoms with Crippen molar-refractivity contribution >= 4 is 5.84 Å². The SMILES string of the molecule is CC[C@H]1[C@@H](O)C2C3CC[C@H]([C@H](C)CC(N)=NO)[C@@]3(C)C[C@H](O)C2[C@@]2(C)CC[C@@H](O)C[C@@H]12. The lowest BCUT2D eigenvalue weighted by Crippen LogP contribution is -2.65. The highest BCUT2D eigenvalue weighted by Gasteiger charge is 2.67. The molecule has 4 aliphatic rings. The molecular weight excluding hydrogens is 392 g/mol. The zero-order valence-electron chi connectivity index (χ0n) is 19.7. The van der Waals surface area contributed by atoms with Crippen molar-refractivity contribution in [1.29, 1.82) is 0 Å². The molecule has 0 spiro atoms. The van der Waals surface area contributed by atoms with E-state index in [0.717, 1.165) is 44.9 Å². The van der Waals surface area contributed by atoms with Crippen molar-refractivity contribution in [3.8, 4) is 0 Å². The van der Waals surface area contributed by atoms with Gasteiger partial charge in [-0.2, -0.15) is 0 Å². The standard InChI is InChI=1S/C25H44N2O4/c1-5-15-18-11-14(28)8-9-24(18,3)22-19(29)12-25(4)16(13(2)10-20(26)27-31)6-7-17(25)21(22)23(15)30/h13-19,21-23,28-31H,5-12H2,1-4H3,(H2,26,27)/t13-,14-,15-,16-,17?,18+,19+,21?,22?,23-,24+,25-/m1/s1. The first-order valence-electron chi connectivity index (χ1n) is 12.6. The Morgan fingerprint density at radius 1 is 1.10 bits per heavy atom. The molecule has 4 fully saturated rings. The molecule has 0 saturated heterocycles. The normalized spacial score (nSPS) is 53.4. The predicted molar refractivity (Wildman–Crippen MR) is 120 cm³/mol. The maximum Gasteiger partial charge on any atom is 0.139 e. The smallest absolute Gasteiger partial charge is 0.139 e. The van der Waals surface area contributed by atoms with Gasteiger partial charge in [-0.25, -0.2) is 0 Å². The van der Waals surface area contributed by atoms with Gasteiger partial charge in [-0.15, -0.1) is 0 Å². The summed E-state index contributed by atoms with van der Waals surface area (Å²) in [7, 11) is 0. The third-order valence-electron chi connectivity index (χ3n) is 10.7. The largest absolute Gasteiger partial charge is 0.409 e. The van der Waals surface area contributed by atoms with E-state index in [1.807, 2.05) is 0 Å². The van der Waals surface area contributed by atoms with Crippen molar-refractivity contribution in [2.75, 3.05) is 0 Å². The van der Waals surface area contributed by atoms with Gasteiger partial charge in [0.25, 0.3) is 0 Å². The fourth-order valence-corrected chi connectivity index (χ4v) is 9.56. The Balaban J connectivity index is 1.69. The van der Waals surface area contributed by atoms with Gasteiger partial charge in [0.15, 0.2) is 0 Å². The summed E-state index contributed by atoms with van der Waals surface area (Å²) in [4.78, 5) is 0. The number of hydrogen-bond donors (Lipinski definition) is 5. The second-order valence-corrected chi connectivity index (χ2v) is 12.0. The molecule has 0 aliphatic heterocycles. The third-order valence-corrected chi connectivity index (χ3v) is 10.7. The van der Waals surface area contributed by atoms with Crippen LogP contribution in [0.3, 0.4) is 0 Å². The predicted octanol–water partition coefficient (Wildman–Crippen LogP) is 3.36. The second kappa shape index (κ2) is 8.18. The number of aliphatic hydroxyl groups is 3. The number of nitrogens with zero attached hydrogens (tertiary/aromatic N) is 1. The molecule has 0 bridgehead atoms. The third kappa shape index (κ3) is 3.43. The summed E-state index contributed by atoms with van der Waals surface area (Å²) in [5, 5.41) is 46.0.